The highest BCUT2D eigenvalue weighted by atomic mass is 15.1. The molecule has 210 valence electrons. The molecular formula is C38H40N4+2. The van der Waals surface area contributed by atoms with Crippen molar-refractivity contribution in [1.82, 2.24) is 9.13 Å². The largest absolute Gasteiger partial charge is 0.249 e. The number of benzene rings is 4. The van der Waals surface area contributed by atoms with E-state index in [9.17, 15) is 0 Å². The van der Waals surface area contributed by atoms with Gasteiger partial charge in [-0.05, 0) is 74.9 Å². The minimum atomic E-state index is 0.803. The van der Waals surface area contributed by atoms with E-state index < -0.39 is 0 Å². The van der Waals surface area contributed by atoms with Crippen LogP contribution in [0.1, 0.15) is 44.5 Å². The Morgan fingerprint density at radius 2 is 0.857 bits per heavy atom. The number of aryl methyl sites for hydroxylation is 6. The molecule has 0 atom stereocenters. The van der Waals surface area contributed by atoms with Crippen molar-refractivity contribution in [2.75, 3.05) is 0 Å². The molecule has 2 heterocycles. The van der Waals surface area contributed by atoms with Gasteiger partial charge in [0, 0.05) is 11.1 Å². The molecule has 4 heteroatoms. The minimum Gasteiger partial charge on any atom is -0.232 e. The van der Waals surface area contributed by atoms with Crippen LogP contribution in [0.25, 0.3) is 22.5 Å². The summed E-state index contributed by atoms with van der Waals surface area (Å²) in [4.78, 5) is 0. The van der Waals surface area contributed by atoms with Crippen LogP contribution >= 0.6 is 0 Å². The van der Waals surface area contributed by atoms with Crippen LogP contribution < -0.4 is 9.13 Å². The fourth-order valence-electron chi connectivity index (χ4n) is 6.63. The molecule has 0 bridgehead atoms. The lowest BCUT2D eigenvalue weighted by atomic mass is 9.95. The Morgan fingerprint density at radius 3 is 1.24 bits per heavy atom. The lowest BCUT2D eigenvalue weighted by molar-refractivity contribution is -0.687. The summed E-state index contributed by atoms with van der Waals surface area (Å²) in [5.41, 5.74) is 15.5. The number of aromatic nitrogens is 4. The smallest absolute Gasteiger partial charge is 0.232 e. The highest BCUT2D eigenvalue weighted by Crippen LogP contribution is 2.28. The molecule has 0 spiro atoms. The van der Waals surface area contributed by atoms with Gasteiger partial charge in [0.1, 0.15) is 49.3 Å². The number of rotatable bonds is 7. The molecule has 0 unspecified atom stereocenters. The van der Waals surface area contributed by atoms with Gasteiger partial charge in [-0.2, -0.15) is 0 Å². The van der Waals surface area contributed by atoms with E-state index >= 15 is 0 Å². The summed E-state index contributed by atoms with van der Waals surface area (Å²) in [6.45, 7) is 14.7. The molecule has 0 amide bonds. The van der Waals surface area contributed by atoms with E-state index in [2.05, 4.69) is 170 Å². The van der Waals surface area contributed by atoms with Gasteiger partial charge in [-0.15, -0.1) is 0 Å². The zero-order valence-electron chi connectivity index (χ0n) is 25.6. The molecule has 2 aromatic heterocycles. The zero-order chi connectivity index (χ0) is 29.4. The van der Waals surface area contributed by atoms with Crippen LogP contribution in [0.3, 0.4) is 0 Å². The third-order valence-electron chi connectivity index (χ3n) is 8.20. The highest BCUT2D eigenvalue weighted by molar-refractivity contribution is 5.70. The zero-order valence-corrected chi connectivity index (χ0v) is 25.6. The van der Waals surface area contributed by atoms with Crippen molar-refractivity contribution < 1.29 is 9.13 Å². The van der Waals surface area contributed by atoms with E-state index in [0.29, 0.717) is 0 Å². The van der Waals surface area contributed by atoms with Gasteiger partial charge < -0.3 is 0 Å². The van der Waals surface area contributed by atoms with Crippen LogP contribution in [0.2, 0.25) is 0 Å². The van der Waals surface area contributed by atoms with Gasteiger partial charge in [0.15, 0.2) is 0 Å². The predicted molar refractivity (Wildman–Crippen MR) is 170 cm³/mol. The van der Waals surface area contributed by atoms with Gasteiger partial charge >= 0.3 is 0 Å². The number of hydrogen-bond acceptors (Lipinski definition) is 0. The van der Waals surface area contributed by atoms with Crippen LogP contribution in [0, 0.1) is 41.5 Å². The predicted octanol–water partition coefficient (Wildman–Crippen LogP) is 7.46. The fourth-order valence-corrected chi connectivity index (χ4v) is 6.63. The van der Waals surface area contributed by atoms with Crippen molar-refractivity contribution in [1.29, 1.82) is 0 Å². The maximum Gasteiger partial charge on any atom is 0.249 e. The molecule has 0 N–H and O–H groups in total. The van der Waals surface area contributed by atoms with E-state index in [1.54, 1.807) is 0 Å². The summed E-state index contributed by atoms with van der Waals surface area (Å²) in [5, 5.41) is 0. The third-order valence-corrected chi connectivity index (χ3v) is 8.20. The van der Waals surface area contributed by atoms with Gasteiger partial charge in [0.05, 0.1) is 0 Å². The molecule has 6 aromatic rings. The average molecular weight is 553 g/mol. The number of imidazole rings is 2. The Hall–Kier alpha value is -4.70. The molecule has 6 rings (SSSR count). The van der Waals surface area contributed by atoms with Crippen molar-refractivity contribution >= 4 is 0 Å². The molecule has 0 radical (unpaired) electrons. The molecular weight excluding hydrogens is 512 g/mol. The van der Waals surface area contributed by atoms with Crippen LogP contribution in [0.4, 0.5) is 0 Å². The number of nitrogens with zero attached hydrogens (tertiary/aromatic N) is 4. The van der Waals surface area contributed by atoms with Gasteiger partial charge in [-0.3, -0.25) is 0 Å². The van der Waals surface area contributed by atoms with Crippen LogP contribution in [0.15, 0.2) is 110 Å². The van der Waals surface area contributed by atoms with Crippen molar-refractivity contribution in [2.24, 2.45) is 0 Å². The first kappa shape index (κ1) is 27.5. The molecule has 0 aliphatic carbocycles. The van der Waals surface area contributed by atoms with Crippen molar-refractivity contribution in [3.05, 3.63) is 155 Å². The summed E-state index contributed by atoms with van der Waals surface area (Å²) in [6.07, 6.45) is 13.1. The molecule has 0 saturated carbocycles. The van der Waals surface area contributed by atoms with Crippen LogP contribution in [-0.2, 0) is 13.1 Å². The average Bonchev–Trinajstić information content (AvgIpc) is 3.58. The SMILES string of the molecule is Cc1cc(C)c(-n2cc[n+](Cc3ccccc3-c3ccccc3C[n+]3ccn(-c4c(C)cc(C)cc4C)c3)c2)c(C)c1. The second kappa shape index (κ2) is 11.3. The fraction of sp³-hybridized carbons (Fsp3) is 0.211. The Balaban J connectivity index is 1.29. The second-order valence-electron chi connectivity index (χ2n) is 11.8. The molecule has 0 saturated heterocycles. The minimum absolute atomic E-state index is 0.803. The van der Waals surface area contributed by atoms with E-state index in [0.717, 1.165) is 13.1 Å². The van der Waals surface area contributed by atoms with E-state index in [-0.39, 0.29) is 0 Å². The Labute approximate surface area is 249 Å². The van der Waals surface area contributed by atoms with Crippen molar-refractivity contribution in [3.63, 3.8) is 0 Å². The number of hydrogen-bond donors (Lipinski definition) is 0. The normalized spacial score (nSPS) is 11.3. The third kappa shape index (κ3) is 5.45. The molecule has 0 fully saturated rings. The summed E-state index contributed by atoms with van der Waals surface area (Å²) in [6, 6.07) is 26.7. The summed E-state index contributed by atoms with van der Waals surface area (Å²) in [5.74, 6) is 0. The molecule has 42 heavy (non-hydrogen) atoms. The standard InChI is InChI=1S/C38H40N4/c1-27-19-29(3)37(30(4)20-27)41-17-15-39(25-41)23-33-11-7-9-13-35(33)36-14-10-8-12-34(36)24-40-16-18-42(26-40)38-31(5)21-28(2)22-32(38)6/h7-22,25-26H,23-24H2,1-6H3/q+2. The Bertz CT molecular complexity index is 1720. The van der Waals surface area contributed by atoms with E-state index in [1.807, 2.05) is 0 Å². The molecule has 0 aliphatic rings. The monoisotopic (exact) mass is 552 g/mol. The van der Waals surface area contributed by atoms with Gasteiger partial charge in [-0.25, -0.2) is 18.3 Å². The maximum absolute atomic E-state index is 2.28. The summed E-state index contributed by atoms with van der Waals surface area (Å²) >= 11 is 0. The Kier molecular flexibility index (Phi) is 7.38. The van der Waals surface area contributed by atoms with Gasteiger partial charge in [0.25, 0.3) is 0 Å². The molecule has 4 aromatic carbocycles. The second-order valence-corrected chi connectivity index (χ2v) is 11.8. The van der Waals surface area contributed by atoms with E-state index in [1.165, 1.54) is 67.0 Å². The topological polar surface area (TPSA) is 17.6 Å². The first-order chi connectivity index (χ1) is 20.3. The highest BCUT2D eigenvalue weighted by Gasteiger charge is 2.18. The first-order valence-corrected chi connectivity index (χ1v) is 14.7. The lowest BCUT2D eigenvalue weighted by Gasteiger charge is -2.12. The lowest BCUT2D eigenvalue weighted by Crippen LogP contribution is -2.32. The first-order valence-electron chi connectivity index (χ1n) is 14.7. The van der Waals surface area contributed by atoms with Gasteiger partial charge in [-0.1, -0.05) is 83.9 Å². The van der Waals surface area contributed by atoms with Gasteiger partial charge in [0.2, 0.25) is 12.7 Å². The van der Waals surface area contributed by atoms with E-state index in [4.69, 9.17) is 0 Å². The maximum atomic E-state index is 2.28. The summed E-state index contributed by atoms with van der Waals surface area (Å²) in [7, 11) is 0. The van der Waals surface area contributed by atoms with Crippen LogP contribution in [-0.4, -0.2) is 9.13 Å². The van der Waals surface area contributed by atoms with Crippen molar-refractivity contribution in [3.8, 4) is 22.5 Å². The van der Waals surface area contributed by atoms with Crippen molar-refractivity contribution in [2.45, 2.75) is 54.6 Å². The Morgan fingerprint density at radius 1 is 0.500 bits per heavy atom. The quantitative estimate of drug-likeness (QED) is 0.183. The molecule has 4 nitrogen and oxygen atoms in total. The summed E-state index contributed by atoms with van der Waals surface area (Å²) < 4.78 is 9.06. The molecule has 0 aliphatic heterocycles. The van der Waals surface area contributed by atoms with Crippen LogP contribution in [0.5, 0.6) is 0 Å².